The molecule has 2 aromatic rings. The number of aryl methyl sites for hydroxylation is 1. The zero-order chi connectivity index (χ0) is 15.9. The van der Waals surface area contributed by atoms with Gasteiger partial charge < -0.3 is 19.3 Å². The number of fused-ring (bicyclic) bond motifs is 1. The minimum absolute atomic E-state index is 0.101. The predicted octanol–water partition coefficient (Wildman–Crippen LogP) is 3.96. The average molecular weight is 300 g/mol. The molecule has 116 valence electrons. The van der Waals surface area contributed by atoms with Gasteiger partial charge in [-0.1, -0.05) is 13.0 Å². The molecule has 0 aromatic heterocycles. The van der Waals surface area contributed by atoms with Crippen LogP contribution in [0.2, 0.25) is 0 Å². The van der Waals surface area contributed by atoms with E-state index in [9.17, 15) is 5.11 Å². The Morgan fingerprint density at radius 1 is 1.05 bits per heavy atom. The quantitative estimate of drug-likeness (QED) is 0.932. The van der Waals surface area contributed by atoms with Crippen molar-refractivity contribution < 1.29 is 19.3 Å². The number of phenolic OH excluding ortho intramolecular Hbond substituents is 1. The van der Waals surface area contributed by atoms with Gasteiger partial charge >= 0.3 is 0 Å². The van der Waals surface area contributed by atoms with E-state index in [1.807, 2.05) is 31.2 Å². The first-order chi connectivity index (χ1) is 10.5. The molecule has 2 aromatic carbocycles. The Bertz CT molecular complexity index is 708. The molecule has 0 amide bonds. The highest BCUT2D eigenvalue weighted by Gasteiger charge is 2.33. The molecule has 0 spiro atoms. The van der Waals surface area contributed by atoms with Gasteiger partial charge in [-0.2, -0.15) is 0 Å². The van der Waals surface area contributed by atoms with Gasteiger partial charge in [-0.3, -0.25) is 0 Å². The van der Waals surface area contributed by atoms with Crippen LogP contribution in [0.3, 0.4) is 0 Å². The molecule has 1 heterocycles. The van der Waals surface area contributed by atoms with E-state index in [0.717, 1.165) is 22.4 Å². The summed E-state index contributed by atoms with van der Waals surface area (Å²) in [7, 11) is 3.24. The lowest BCUT2D eigenvalue weighted by Gasteiger charge is -2.17. The molecule has 1 aliphatic rings. The molecular weight excluding hydrogens is 280 g/mol. The van der Waals surface area contributed by atoms with E-state index in [-0.39, 0.29) is 12.0 Å². The van der Waals surface area contributed by atoms with E-state index >= 15 is 0 Å². The molecule has 0 bridgehead atoms. The normalized spacial score (nSPS) is 19.5. The second-order valence-corrected chi connectivity index (χ2v) is 5.62. The number of phenols is 1. The van der Waals surface area contributed by atoms with Gasteiger partial charge in [0.1, 0.15) is 17.6 Å². The fraction of sp³-hybridized carbons (Fsp3) is 0.333. The minimum atomic E-state index is -0.101. The van der Waals surface area contributed by atoms with Crippen molar-refractivity contribution in [2.24, 2.45) is 0 Å². The summed E-state index contributed by atoms with van der Waals surface area (Å²) in [6.07, 6.45) is -0.101. The summed E-state index contributed by atoms with van der Waals surface area (Å²) in [6.45, 7) is 3.97. The molecule has 0 saturated carbocycles. The van der Waals surface area contributed by atoms with Crippen LogP contribution < -0.4 is 14.2 Å². The molecule has 22 heavy (non-hydrogen) atoms. The topological polar surface area (TPSA) is 47.9 Å². The summed E-state index contributed by atoms with van der Waals surface area (Å²) in [5, 5.41) is 9.92. The van der Waals surface area contributed by atoms with E-state index in [1.165, 1.54) is 0 Å². The van der Waals surface area contributed by atoms with Crippen molar-refractivity contribution in [2.75, 3.05) is 14.2 Å². The molecule has 4 heteroatoms. The number of rotatable bonds is 3. The molecule has 0 unspecified atom stereocenters. The van der Waals surface area contributed by atoms with Crippen LogP contribution in [-0.4, -0.2) is 19.3 Å². The first-order valence-corrected chi connectivity index (χ1v) is 7.27. The number of hydrogen-bond donors (Lipinski definition) is 1. The Hall–Kier alpha value is -2.36. The van der Waals surface area contributed by atoms with Crippen LogP contribution in [0.4, 0.5) is 0 Å². The maximum Gasteiger partial charge on any atom is 0.161 e. The highest BCUT2D eigenvalue weighted by Crippen LogP contribution is 2.48. The lowest BCUT2D eigenvalue weighted by molar-refractivity contribution is 0.215. The predicted molar refractivity (Wildman–Crippen MR) is 84.2 cm³/mol. The third-order valence-corrected chi connectivity index (χ3v) is 4.26. The van der Waals surface area contributed by atoms with Gasteiger partial charge in [-0.05, 0) is 42.3 Å². The molecular formula is C18H20O4. The Balaban J connectivity index is 1.98. The Labute approximate surface area is 130 Å². The fourth-order valence-electron chi connectivity index (χ4n) is 2.93. The van der Waals surface area contributed by atoms with Crippen LogP contribution in [0, 0.1) is 6.92 Å². The van der Waals surface area contributed by atoms with E-state index in [4.69, 9.17) is 14.2 Å². The van der Waals surface area contributed by atoms with Gasteiger partial charge in [-0.25, -0.2) is 0 Å². The molecule has 3 rings (SSSR count). The summed E-state index contributed by atoms with van der Waals surface area (Å²) >= 11 is 0. The van der Waals surface area contributed by atoms with Gasteiger partial charge in [0.25, 0.3) is 0 Å². The second kappa shape index (κ2) is 5.44. The average Bonchev–Trinajstić information content (AvgIpc) is 2.83. The fourth-order valence-corrected chi connectivity index (χ4v) is 2.93. The third kappa shape index (κ3) is 2.25. The smallest absolute Gasteiger partial charge is 0.161 e. The lowest BCUT2D eigenvalue weighted by Crippen LogP contribution is -2.07. The Morgan fingerprint density at radius 2 is 1.77 bits per heavy atom. The summed E-state index contributed by atoms with van der Waals surface area (Å²) in [5.74, 6) is 2.68. The number of methoxy groups -OCH3 is 2. The molecule has 4 nitrogen and oxygen atoms in total. The summed E-state index contributed by atoms with van der Waals surface area (Å²) in [5.41, 5.74) is 2.88. The number of benzene rings is 2. The van der Waals surface area contributed by atoms with Crippen LogP contribution in [0.15, 0.2) is 30.3 Å². The molecule has 2 atom stereocenters. The monoisotopic (exact) mass is 300 g/mol. The first-order valence-electron chi connectivity index (χ1n) is 7.27. The van der Waals surface area contributed by atoms with E-state index < -0.39 is 0 Å². The van der Waals surface area contributed by atoms with E-state index in [1.54, 1.807) is 20.3 Å². The van der Waals surface area contributed by atoms with Crippen molar-refractivity contribution in [3.05, 3.63) is 47.0 Å². The number of ether oxygens (including phenoxy) is 3. The summed E-state index contributed by atoms with van der Waals surface area (Å²) in [6, 6.07) is 9.51. The van der Waals surface area contributed by atoms with Gasteiger partial charge in [0.15, 0.2) is 11.5 Å². The summed E-state index contributed by atoms with van der Waals surface area (Å²) in [4.78, 5) is 0. The van der Waals surface area contributed by atoms with E-state index in [2.05, 4.69) is 6.92 Å². The zero-order valence-corrected chi connectivity index (χ0v) is 13.2. The van der Waals surface area contributed by atoms with Gasteiger partial charge in [0.2, 0.25) is 0 Å². The maximum absolute atomic E-state index is 9.92. The minimum Gasteiger partial charge on any atom is -0.508 e. The van der Waals surface area contributed by atoms with Gasteiger partial charge in [0, 0.05) is 11.5 Å². The maximum atomic E-state index is 9.92. The lowest BCUT2D eigenvalue weighted by atomic mass is 9.92. The SMILES string of the molecule is COc1ccc([C@H]2Oc3cc(C)c(O)cc3[C@@H]2C)cc1OC. The second-order valence-electron chi connectivity index (χ2n) is 5.62. The molecule has 0 aliphatic carbocycles. The van der Waals surface area contributed by atoms with Crippen molar-refractivity contribution in [1.82, 2.24) is 0 Å². The highest BCUT2D eigenvalue weighted by atomic mass is 16.5. The molecule has 0 saturated heterocycles. The van der Waals surface area contributed by atoms with Crippen molar-refractivity contribution in [3.63, 3.8) is 0 Å². The van der Waals surface area contributed by atoms with Crippen molar-refractivity contribution >= 4 is 0 Å². The van der Waals surface area contributed by atoms with Crippen molar-refractivity contribution in [2.45, 2.75) is 25.9 Å². The Kier molecular flexibility index (Phi) is 3.61. The van der Waals surface area contributed by atoms with E-state index in [0.29, 0.717) is 17.2 Å². The Morgan fingerprint density at radius 3 is 2.45 bits per heavy atom. The molecule has 1 N–H and O–H groups in total. The van der Waals surface area contributed by atoms with Gasteiger partial charge in [0.05, 0.1) is 14.2 Å². The molecule has 0 fully saturated rings. The standard InChI is InChI=1S/C18H20O4/c1-10-7-16-13(9-14(10)19)11(2)18(22-16)12-5-6-15(20-3)17(8-12)21-4/h5-9,11,18-19H,1-4H3/t11-,18-/m0/s1. The van der Waals surface area contributed by atoms with Crippen LogP contribution in [0.1, 0.15) is 35.6 Å². The van der Waals surface area contributed by atoms with Crippen LogP contribution in [0.25, 0.3) is 0 Å². The molecule has 0 radical (unpaired) electrons. The van der Waals surface area contributed by atoms with Crippen LogP contribution >= 0.6 is 0 Å². The highest BCUT2D eigenvalue weighted by molar-refractivity contribution is 5.52. The number of aromatic hydroxyl groups is 1. The van der Waals surface area contributed by atoms with Gasteiger partial charge in [-0.15, -0.1) is 0 Å². The number of hydrogen-bond acceptors (Lipinski definition) is 4. The molecule has 1 aliphatic heterocycles. The van der Waals surface area contributed by atoms with Crippen molar-refractivity contribution in [3.8, 4) is 23.0 Å². The van der Waals surface area contributed by atoms with Crippen LogP contribution in [0.5, 0.6) is 23.0 Å². The van der Waals surface area contributed by atoms with Crippen LogP contribution in [-0.2, 0) is 0 Å². The van der Waals surface area contributed by atoms with Crippen molar-refractivity contribution in [1.29, 1.82) is 0 Å². The first kappa shape index (κ1) is 14.6. The largest absolute Gasteiger partial charge is 0.508 e. The summed E-state index contributed by atoms with van der Waals surface area (Å²) < 4.78 is 16.7. The zero-order valence-electron chi connectivity index (χ0n) is 13.2. The third-order valence-electron chi connectivity index (χ3n) is 4.26.